The molecule has 0 aliphatic carbocycles. The van der Waals surface area contributed by atoms with E-state index < -0.39 is 0 Å². The molecule has 1 fully saturated rings. The third kappa shape index (κ3) is 3.70. The Labute approximate surface area is 149 Å². The number of rotatable bonds is 3. The van der Waals surface area contributed by atoms with Gasteiger partial charge in [-0.3, -0.25) is 0 Å². The number of aromatic amines is 1. The van der Waals surface area contributed by atoms with Crippen LogP contribution in [0.15, 0.2) is 30.0 Å². The molecular formula is C16H16N4O2S2. The average molecular weight is 360 g/mol. The van der Waals surface area contributed by atoms with Crippen LogP contribution in [-0.4, -0.2) is 56.4 Å². The molecule has 1 aromatic heterocycles. The second kappa shape index (κ2) is 7.66. The molecule has 124 valence electrons. The fraction of sp³-hybridized carbons (Fsp3) is 0.312. The van der Waals surface area contributed by atoms with Crippen LogP contribution < -0.4 is 0 Å². The van der Waals surface area contributed by atoms with Crippen LogP contribution in [0.5, 0.6) is 0 Å². The highest BCUT2D eigenvalue weighted by Gasteiger charge is 2.17. The van der Waals surface area contributed by atoms with Crippen molar-refractivity contribution in [3.05, 3.63) is 35.8 Å². The molecule has 2 heterocycles. The summed E-state index contributed by atoms with van der Waals surface area (Å²) in [5, 5.41) is 19.7. The summed E-state index contributed by atoms with van der Waals surface area (Å²) in [5.74, 6) is 0.571. The molecule has 2 aromatic rings. The molecular weight excluding hydrogens is 344 g/mol. The van der Waals surface area contributed by atoms with Gasteiger partial charge in [-0.15, -0.1) is 0 Å². The van der Waals surface area contributed by atoms with Gasteiger partial charge in [0.15, 0.2) is 5.82 Å². The molecule has 1 aromatic carbocycles. The first-order chi connectivity index (χ1) is 11.7. The highest BCUT2D eigenvalue weighted by molar-refractivity contribution is 8.23. The SMILES string of the molecule is N#CC(=C(O)CSC(=S)N1CCOCC1)c1nc2ccccc2[nH]1. The number of benzene rings is 1. The Hall–Kier alpha value is -2.08. The van der Waals surface area contributed by atoms with Crippen molar-refractivity contribution < 1.29 is 9.84 Å². The number of nitrogens with one attached hydrogen (secondary N) is 1. The molecule has 0 radical (unpaired) electrons. The van der Waals surface area contributed by atoms with E-state index in [-0.39, 0.29) is 17.1 Å². The molecule has 2 N–H and O–H groups in total. The number of nitrogens with zero attached hydrogens (tertiary/aromatic N) is 3. The zero-order valence-corrected chi connectivity index (χ0v) is 14.5. The molecule has 3 rings (SSSR count). The predicted molar refractivity (Wildman–Crippen MR) is 98.7 cm³/mol. The van der Waals surface area contributed by atoms with Gasteiger partial charge in [0, 0.05) is 13.1 Å². The maximum Gasteiger partial charge on any atom is 0.152 e. The van der Waals surface area contributed by atoms with E-state index in [1.165, 1.54) is 11.8 Å². The maximum absolute atomic E-state index is 10.3. The highest BCUT2D eigenvalue weighted by atomic mass is 32.2. The number of aliphatic hydroxyl groups is 1. The largest absolute Gasteiger partial charge is 0.510 e. The summed E-state index contributed by atoms with van der Waals surface area (Å²) >= 11 is 6.72. The fourth-order valence-corrected chi connectivity index (χ4v) is 3.49. The van der Waals surface area contributed by atoms with Gasteiger partial charge in [0.2, 0.25) is 0 Å². The van der Waals surface area contributed by atoms with Crippen molar-refractivity contribution in [2.45, 2.75) is 0 Å². The van der Waals surface area contributed by atoms with Crippen LogP contribution in [0.3, 0.4) is 0 Å². The van der Waals surface area contributed by atoms with Crippen molar-refractivity contribution in [2.24, 2.45) is 0 Å². The number of hydrogen-bond donors (Lipinski definition) is 2. The number of imidazole rings is 1. The van der Waals surface area contributed by atoms with Crippen LogP contribution in [0.2, 0.25) is 0 Å². The molecule has 0 unspecified atom stereocenters. The second-order valence-electron chi connectivity index (χ2n) is 5.19. The van der Waals surface area contributed by atoms with Crippen LogP contribution in [0, 0.1) is 11.3 Å². The summed E-state index contributed by atoms with van der Waals surface area (Å²) in [5.41, 5.74) is 1.72. The number of aromatic nitrogens is 2. The first kappa shape index (κ1) is 16.8. The highest BCUT2D eigenvalue weighted by Crippen LogP contribution is 2.22. The van der Waals surface area contributed by atoms with Crippen LogP contribution in [0.25, 0.3) is 16.6 Å². The first-order valence-electron chi connectivity index (χ1n) is 7.46. The van der Waals surface area contributed by atoms with Crippen molar-refractivity contribution in [3.8, 4) is 6.07 Å². The lowest BCUT2D eigenvalue weighted by atomic mass is 10.2. The zero-order chi connectivity index (χ0) is 16.9. The molecule has 1 saturated heterocycles. The third-order valence-corrected chi connectivity index (χ3v) is 5.16. The average Bonchev–Trinajstić information content (AvgIpc) is 3.04. The Morgan fingerprint density at radius 2 is 2.17 bits per heavy atom. The van der Waals surface area contributed by atoms with Gasteiger partial charge in [-0.2, -0.15) is 5.26 Å². The number of nitriles is 1. The van der Waals surface area contributed by atoms with Gasteiger partial charge < -0.3 is 19.7 Å². The minimum Gasteiger partial charge on any atom is -0.510 e. The fourth-order valence-electron chi connectivity index (χ4n) is 2.36. The molecule has 0 bridgehead atoms. The third-order valence-electron chi connectivity index (χ3n) is 3.63. The Morgan fingerprint density at radius 3 is 2.88 bits per heavy atom. The van der Waals surface area contributed by atoms with E-state index in [0.717, 1.165) is 24.1 Å². The lowest BCUT2D eigenvalue weighted by molar-refractivity contribution is 0.0702. The number of hydrogen-bond acceptors (Lipinski definition) is 6. The van der Waals surface area contributed by atoms with Crippen LogP contribution in [-0.2, 0) is 4.74 Å². The zero-order valence-electron chi connectivity index (χ0n) is 12.9. The molecule has 8 heteroatoms. The van der Waals surface area contributed by atoms with Crippen LogP contribution >= 0.6 is 24.0 Å². The van der Waals surface area contributed by atoms with Crippen LogP contribution in [0.4, 0.5) is 0 Å². The topological polar surface area (TPSA) is 85.2 Å². The standard InChI is InChI=1S/C16H16N4O2S2/c17-9-11(15-18-12-3-1-2-4-13(12)19-15)14(21)10-24-16(23)20-5-7-22-8-6-20/h1-4,21H,5-8,10H2,(H,18,19). The summed E-state index contributed by atoms with van der Waals surface area (Å²) in [6.07, 6.45) is 0. The van der Waals surface area contributed by atoms with E-state index in [4.69, 9.17) is 17.0 Å². The Morgan fingerprint density at radius 1 is 1.42 bits per heavy atom. The monoisotopic (exact) mass is 360 g/mol. The number of para-hydroxylation sites is 2. The van der Waals surface area contributed by atoms with E-state index in [1.807, 2.05) is 35.2 Å². The van der Waals surface area contributed by atoms with Crippen LogP contribution in [0.1, 0.15) is 5.82 Å². The summed E-state index contributed by atoms with van der Waals surface area (Å²) in [4.78, 5) is 9.46. The normalized spacial score (nSPS) is 15.9. The molecule has 0 atom stereocenters. The van der Waals surface area contributed by atoms with Crippen molar-refractivity contribution in [1.29, 1.82) is 5.26 Å². The number of thiocarbonyl (C=S) groups is 1. The molecule has 24 heavy (non-hydrogen) atoms. The second-order valence-corrected chi connectivity index (χ2v) is 6.80. The Balaban J connectivity index is 1.73. The van der Waals surface area contributed by atoms with E-state index >= 15 is 0 Å². The Bertz CT molecular complexity index is 786. The summed E-state index contributed by atoms with van der Waals surface area (Å²) in [6.45, 7) is 2.83. The summed E-state index contributed by atoms with van der Waals surface area (Å²) in [6, 6.07) is 9.51. The lowest BCUT2D eigenvalue weighted by Crippen LogP contribution is -2.38. The first-order valence-corrected chi connectivity index (χ1v) is 8.85. The van der Waals surface area contributed by atoms with E-state index in [9.17, 15) is 10.4 Å². The van der Waals surface area contributed by atoms with Gasteiger partial charge >= 0.3 is 0 Å². The van der Waals surface area contributed by atoms with Gasteiger partial charge in [-0.1, -0.05) is 36.1 Å². The van der Waals surface area contributed by atoms with E-state index in [0.29, 0.717) is 23.4 Å². The van der Waals surface area contributed by atoms with E-state index in [1.54, 1.807) is 0 Å². The van der Waals surface area contributed by atoms with Gasteiger partial charge in [0.25, 0.3) is 0 Å². The van der Waals surface area contributed by atoms with Crippen molar-refractivity contribution in [1.82, 2.24) is 14.9 Å². The quantitative estimate of drug-likeness (QED) is 0.494. The smallest absolute Gasteiger partial charge is 0.152 e. The number of thioether (sulfide) groups is 1. The minimum absolute atomic E-state index is 0.0304. The molecule has 0 spiro atoms. The molecule has 1 aliphatic heterocycles. The van der Waals surface area contributed by atoms with Gasteiger partial charge in [0.05, 0.1) is 30.0 Å². The van der Waals surface area contributed by atoms with Gasteiger partial charge in [-0.05, 0) is 12.1 Å². The summed E-state index contributed by atoms with van der Waals surface area (Å²) in [7, 11) is 0. The molecule has 6 nitrogen and oxygen atoms in total. The number of fused-ring (bicyclic) bond motifs is 1. The van der Waals surface area contributed by atoms with Crippen molar-refractivity contribution >= 4 is 44.9 Å². The number of aliphatic hydroxyl groups excluding tert-OH is 1. The minimum atomic E-state index is -0.0304. The number of H-pyrrole nitrogens is 1. The number of allylic oxidation sites excluding steroid dienone is 1. The summed E-state index contributed by atoms with van der Waals surface area (Å²) < 4.78 is 5.99. The maximum atomic E-state index is 10.3. The molecule has 0 amide bonds. The lowest BCUT2D eigenvalue weighted by Gasteiger charge is -2.28. The molecule has 0 saturated carbocycles. The Kier molecular flexibility index (Phi) is 5.35. The van der Waals surface area contributed by atoms with E-state index in [2.05, 4.69) is 9.97 Å². The van der Waals surface area contributed by atoms with Gasteiger partial charge in [-0.25, -0.2) is 4.98 Å². The predicted octanol–water partition coefficient (Wildman–Crippen LogP) is 2.71. The van der Waals surface area contributed by atoms with Gasteiger partial charge in [0.1, 0.15) is 21.7 Å². The van der Waals surface area contributed by atoms with Crippen molar-refractivity contribution in [3.63, 3.8) is 0 Å². The number of morpholine rings is 1. The molecule has 1 aliphatic rings. The number of ether oxygens (including phenoxy) is 1. The van der Waals surface area contributed by atoms with Crippen molar-refractivity contribution in [2.75, 3.05) is 32.1 Å².